The second-order valence-electron chi connectivity index (χ2n) is 7.63. The fraction of sp³-hybridized carbons (Fsp3) is 0.364. The molecular formula is C22H24N4O3S. The van der Waals surface area contributed by atoms with Crippen molar-refractivity contribution in [2.24, 2.45) is 5.92 Å². The largest absolute Gasteiger partial charge is 0.342 e. The van der Waals surface area contributed by atoms with Crippen LogP contribution in [-0.2, 0) is 14.4 Å². The molecule has 3 amide bonds. The Kier molecular flexibility index (Phi) is 6.03. The van der Waals surface area contributed by atoms with E-state index >= 15 is 0 Å². The molecule has 0 aliphatic carbocycles. The normalized spacial score (nSPS) is 20.8. The van der Waals surface area contributed by atoms with E-state index in [0.717, 1.165) is 29.0 Å². The second kappa shape index (κ2) is 8.87. The number of nitrogens with one attached hydrogen (secondary N) is 2. The Balaban J connectivity index is 1.36. The van der Waals surface area contributed by atoms with E-state index in [9.17, 15) is 14.4 Å². The number of amides is 3. The number of aryl methyl sites for hydroxylation is 1. The first-order valence-electron chi connectivity index (χ1n) is 10.1. The van der Waals surface area contributed by atoms with Crippen molar-refractivity contribution in [3.63, 3.8) is 0 Å². The zero-order valence-electron chi connectivity index (χ0n) is 16.8. The summed E-state index contributed by atoms with van der Waals surface area (Å²) in [6, 6.07) is 11.3. The van der Waals surface area contributed by atoms with Crippen LogP contribution in [0.1, 0.15) is 24.8 Å². The third-order valence-electron chi connectivity index (χ3n) is 5.46. The number of fused-ring (bicyclic) bond motifs is 1. The van der Waals surface area contributed by atoms with Crippen LogP contribution in [0.2, 0.25) is 0 Å². The fourth-order valence-corrected chi connectivity index (χ4v) is 4.87. The van der Waals surface area contributed by atoms with Gasteiger partial charge in [0.25, 0.3) is 0 Å². The number of aromatic nitrogens is 1. The van der Waals surface area contributed by atoms with Crippen LogP contribution in [0.4, 0.5) is 11.5 Å². The number of pyridine rings is 1. The number of piperidine rings is 1. The number of para-hydroxylation sites is 1. The third kappa shape index (κ3) is 4.48. The van der Waals surface area contributed by atoms with Gasteiger partial charge in [0.2, 0.25) is 17.7 Å². The quantitative estimate of drug-likeness (QED) is 0.787. The molecule has 30 heavy (non-hydrogen) atoms. The fourth-order valence-electron chi connectivity index (χ4n) is 3.77. The summed E-state index contributed by atoms with van der Waals surface area (Å²) in [7, 11) is 0. The molecule has 2 N–H and O–H groups in total. The number of likely N-dealkylation sites (tertiary alicyclic amines) is 1. The van der Waals surface area contributed by atoms with E-state index in [1.807, 2.05) is 43.3 Å². The van der Waals surface area contributed by atoms with Crippen molar-refractivity contribution in [3.05, 3.63) is 48.2 Å². The van der Waals surface area contributed by atoms with Crippen molar-refractivity contribution in [2.75, 3.05) is 23.7 Å². The van der Waals surface area contributed by atoms with Crippen LogP contribution in [0, 0.1) is 12.8 Å². The summed E-state index contributed by atoms with van der Waals surface area (Å²) < 4.78 is 0. The predicted octanol–water partition coefficient (Wildman–Crippen LogP) is 3.07. The summed E-state index contributed by atoms with van der Waals surface area (Å²) in [6.07, 6.45) is 3.26. The molecule has 0 unspecified atom stereocenters. The van der Waals surface area contributed by atoms with Gasteiger partial charge < -0.3 is 15.5 Å². The summed E-state index contributed by atoms with van der Waals surface area (Å²) in [5, 5.41) is 5.30. The topological polar surface area (TPSA) is 91.4 Å². The van der Waals surface area contributed by atoms with Crippen molar-refractivity contribution >= 4 is 41.0 Å². The summed E-state index contributed by atoms with van der Waals surface area (Å²) >= 11 is 1.42. The molecule has 1 fully saturated rings. The molecule has 8 heteroatoms. The van der Waals surface area contributed by atoms with Gasteiger partial charge in [-0.2, -0.15) is 0 Å². The predicted molar refractivity (Wildman–Crippen MR) is 116 cm³/mol. The number of thioether (sulfide) groups is 1. The van der Waals surface area contributed by atoms with Gasteiger partial charge in [-0.25, -0.2) is 4.98 Å². The first-order valence-corrected chi connectivity index (χ1v) is 11.0. The lowest BCUT2D eigenvalue weighted by molar-refractivity contribution is -0.135. The smallest absolute Gasteiger partial charge is 0.238 e. The maximum Gasteiger partial charge on any atom is 0.238 e. The number of carbonyl (C=O) groups is 3. The molecule has 2 aliphatic rings. The molecule has 3 heterocycles. The average Bonchev–Trinajstić information content (AvgIpc) is 2.76. The molecule has 0 saturated carbocycles. The second-order valence-corrected chi connectivity index (χ2v) is 8.88. The summed E-state index contributed by atoms with van der Waals surface area (Å²) in [5.74, 6) is -0.0805. The third-order valence-corrected chi connectivity index (χ3v) is 6.74. The van der Waals surface area contributed by atoms with Crippen molar-refractivity contribution in [1.29, 1.82) is 0 Å². The van der Waals surface area contributed by atoms with E-state index in [1.54, 1.807) is 11.1 Å². The maximum atomic E-state index is 12.9. The van der Waals surface area contributed by atoms with Crippen molar-refractivity contribution < 1.29 is 14.4 Å². The zero-order valence-corrected chi connectivity index (χ0v) is 17.6. The summed E-state index contributed by atoms with van der Waals surface area (Å²) in [4.78, 5) is 44.9. The van der Waals surface area contributed by atoms with Gasteiger partial charge in [0, 0.05) is 30.6 Å². The Bertz CT molecular complexity index is 980. The maximum absolute atomic E-state index is 12.9. The highest BCUT2D eigenvalue weighted by atomic mass is 32.2. The average molecular weight is 425 g/mol. The minimum atomic E-state index is -0.460. The lowest BCUT2D eigenvalue weighted by Crippen LogP contribution is -2.45. The standard InChI is InChI=1S/C22H24N4O3S/c1-14-6-4-10-23-20(14)25-21(28)15-7-5-11-26(13-15)19(27)12-18-22(29)24-16-8-2-3-9-17(16)30-18/h2-4,6,8-10,15,18H,5,7,11-13H2,1H3,(H,24,29)(H,23,25,28)/t15-,18+/m0/s1. The number of anilines is 2. The highest BCUT2D eigenvalue weighted by Gasteiger charge is 2.33. The van der Waals surface area contributed by atoms with E-state index in [2.05, 4.69) is 15.6 Å². The van der Waals surface area contributed by atoms with Gasteiger partial charge in [0.1, 0.15) is 5.82 Å². The molecule has 2 aliphatic heterocycles. The molecule has 7 nitrogen and oxygen atoms in total. The Hall–Kier alpha value is -2.87. The molecule has 1 aromatic carbocycles. The van der Waals surface area contributed by atoms with Crippen LogP contribution >= 0.6 is 11.8 Å². The molecule has 0 spiro atoms. The minimum absolute atomic E-state index is 0.0893. The lowest BCUT2D eigenvalue weighted by Gasteiger charge is -2.33. The van der Waals surface area contributed by atoms with Crippen LogP contribution in [0.15, 0.2) is 47.5 Å². The lowest BCUT2D eigenvalue weighted by atomic mass is 9.96. The molecule has 0 radical (unpaired) electrons. The summed E-state index contributed by atoms with van der Waals surface area (Å²) in [5.41, 5.74) is 1.69. The van der Waals surface area contributed by atoms with Crippen LogP contribution in [0.5, 0.6) is 0 Å². The monoisotopic (exact) mass is 424 g/mol. The molecule has 1 aromatic heterocycles. The van der Waals surface area contributed by atoms with Gasteiger partial charge in [-0.15, -0.1) is 11.8 Å². The molecule has 1 saturated heterocycles. The van der Waals surface area contributed by atoms with E-state index in [1.165, 1.54) is 11.8 Å². The molecule has 4 rings (SSSR count). The van der Waals surface area contributed by atoms with Crippen LogP contribution < -0.4 is 10.6 Å². The Morgan fingerprint density at radius 2 is 2.10 bits per heavy atom. The number of rotatable bonds is 4. The number of benzene rings is 1. The summed E-state index contributed by atoms with van der Waals surface area (Å²) in [6.45, 7) is 2.87. The van der Waals surface area contributed by atoms with E-state index < -0.39 is 5.25 Å². The van der Waals surface area contributed by atoms with Crippen LogP contribution in [0.25, 0.3) is 0 Å². The Morgan fingerprint density at radius 1 is 1.27 bits per heavy atom. The van der Waals surface area contributed by atoms with Crippen molar-refractivity contribution in [3.8, 4) is 0 Å². The van der Waals surface area contributed by atoms with Gasteiger partial charge in [-0.05, 0) is 43.5 Å². The van der Waals surface area contributed by atoms with Crippen LogP contribution in [-0.4, -0.2) is 45.9 Å². The van der Waals surface area contributed by atoms with Gasteiger partial charge >= 0.3 is 0 Å². The molecule has 156 valence electrons. The zero-order chi connectivity index (χ0) is 21.1. The molecule has 2 atom stereocenters. The molecule has 0 bridgehead atoms. The van der Waals surface area contributed by atoms with E-state index in [-0.39, 0.29) is 30.1 Å². The van der Waals surface area contributed by atoms with Gasteiger partial charge in [-0.3, -0.25) is 14.4 Å². The first kappa shape index (κ1) is 20.4. The van der Waals surface area contributed by atoms with Gasteiger partial charge in [0.05, 0.1) is 16.9 Å². The Labute approximate surface area is 179 Å². The number of carbonyl (C=O) groups excluding carboxylic acids is 3. The molecular weight excluding hydrogens is 400 g/mol. The van der Waals surface area contributed by atoms with E-state index in [0.29, 0.717) is 18.9 Å². The number of hydrogen-bond donors (Lipinski definition) is 2. The van der Waals surface area contributed by atoms with Gasteiger partial charge in [-0.1, -0.05) is 18.2 Å². The SMILES string of the molecule is Cc1cccnc1NC(=O)[C@H]1CCCN(C(=O)C[C@H]2Sc3ccccc3NC2=O)C1. The van der Waals surface area contributed by atoms with Crippen LogP contribution in [0.3, 0.4) is 0 Å². The van der Waals surface area contributed by atoms with Crippen molar-refractivity contribution in [2.45, 2.75) is 36.3 Å². The minimum Gasteiger partial charge on any atom is -0.342 e. The first-order chi connectivity index (χ1) is 14.5. The highest BCUT2D eigenvalue weighted by molar-refractivity contribution is 8.01. The van der Waals surface area contributed by atoms with Gasteiger partial charge in [0.15, 0.2) is 0 Å². The Morgan fingerprint density at radius 3 is 2.93 bits per heavy atom. The highest BCUT2D eigenvalue weighted by Crippen LogP contribution is 2.37. The van der Waals surface area contributed by atoms with Crippen molar-refractivity contribution in [1.82, 2.24) is 9.88 Å². The van der Waals surface area contributed by atoms with E-state index in [4.69, 9.17) is 0 Å². The number of nitrogens with zero attached hydrogens (tertiary/aromatic N) is 2. The number of hydrogen-bond acceptors (Lipinski definition) is 5. The molecule has 2 aromatic rings.